The van der Waals surface area contributed by atoms with Crippen molar-refractivity contribution in [2.45, 2.75) is 39.3 Å². The van der Waals surface area contributed by atoms with Gasteiger partial charge >= 0.3 is 0 Å². The van der Waals surface area contributed by atoms with Crippen LogP contribution in [0.25, 0.3) is 0 Å². The van der Waals surface area contributed by atoms with Gasteiger partial charge in [0.25, 0.3) is 0 Å². The number of aryl methyl sites for hydroxylation is 2. The molecule has 3 rings (SSSR count). The van der Waals surface area contributed by atoms with Gasteiger partial charge in [-0.05, 0) is 37.5 Å². The van der Waals surface area contributed by atoms with Crippen molar-refractivity contribution < 1.29 is 0 Å². The SMILES string of the molecule is Cc1cccc(NC(N)=NCc2nnc3n2CCCC3)c1.I. The summed E-state index contributed by atoms with van der Waals surface area (Å²) < 4.78 is 2.16. The number of hydrogen-bond acceptors (Lipinski definition) is 3. The van der Waals surface area contributed by atoms with Crippen molar-refractivity contribution in [3.63, 3.8) is 0 Å². The number of aromatic nitrogens is 3. The Labute approximate surface area is 147 Å². The van der Waals surface area contributed by atoms with Crippen LogP contribution in [0.1, 0.15) is 30.1 Å². The zero-order valence-electron chi connectivity index (χ0n) is 12.6. The molecule has 7 heteroatoms. The molecule has 0 fully saturated rings. The number of fused-ring (bicyclic) bond motifs is 1. The van der Waals surface area contributed by atoms with E-state index in [4.69, 9.17) is 5.73 Å². The van der Waals surface area contributed by atoms with E-state index in [0.29, 0.717) is 12.5 Å². The van der Waals surface area contributed by atoms with E-state index in [1.807, 2.05) is 31.2 Å². The molecular formula is C15H21IN6. The predicted octanol–water partition coefficient (Wildman–Crippen LogP) is 2.47. The van der Waals surface area contributed by atoms with E-state index in [1.165, 1.54) is 18.4 Å². The Hall–Kier alpha value is -1.64. The maximum atomic E-state index is 5.93. The van der Waals surface area contributed by atoms with Crippen LogP contribution in [0.5, 0.6) is 0 Å². The zero-order chi connectivity index (χ0) is 14.7. The molecule has 0 radical (unpaired) electrons. The first-order valence-electron chi connectivity index (χ1n) is 7.27. The van der Waals surface area contributed by atoms with Gasteiger partial charge in [0, 0.05) is 18.7 Å². The number of hydrogen-bond donors (Lipinski definition) is 2. The third-order valence-corrected chi connectivity index (χ3v) is 3.62. The summed E-state index contributed by atoms with van der Waals surface area (Å²) in [4.78, 5) is 4.36. The summed E-state index contributed by atoms with van der Waals surface area (Å²) in [5.74, 6) is 2.35. The second kappa shape index (κ2) is 7.57. The molecule has 0 amide bonds. The number of nitrogens with one attached hydrogen (secondary N) is 1. The summed E-state index contributed by atoms with van der Waals surface area (Å²) in [7, 11) is 0. The van der Waals surface area contributed by atoms with Crippen LogP contribution < -0.4 is 11.1 Å². The lowest BCUT2D eigenvalue weighted by Crippen LogP contribution is -2.23. The molecule has 1 aromatic heterocycles. The van der Waals surface area contributed by atoms with E-state index in [2.05, 4.69) is 25.1 Å². The quantitative estimate of drug-likeness (QED) is 0.461. The molecular weight excluding hydrogens is 391 g/mol. The number of rotatable bonds is 3. The van der Waals surface area contributed by atoms with Crippen molar-refractivity contribution in [3.05, 3.63) is 41.5 Å². The van der Waals surface area contributed by atoms with E-state index in [-0.39, 0.29) is 24.0 Å². The van der Waals surface area contributed by atoms with E-state index in [1.54, 1.807) is 0 Å². The van der Waals surface area contributed by atoms with Crippen LogP contribution in [0.15, 0.2) is 29.3 Å². The van der Waals surface area contributed by atoms with Gasteiger partial charge in [0.05, 0.1) is 0 Å². The Morgan fingerprint density at radius 2 is 2.23 bits per heavy atom. The van der Waals surface area contributed by atoms with Crippen LogP contribution in [0.4, 0.5) is 5.69 Å². The molecule has 0 atom stereocenters. The maximum absolute atomic E-state index is 5.93. The molecule has 1 aliphatic rings. The van der Waals surface area contributed by atoms with Crippen molar-refractivity contribution >= 4 is 35.6 Å². The number of halogens is 1. The lowest BCUT2D eigenvalue weighted by Gasteiger charge is -2.14. The number of anilines is 1. The Morgan fingerprint density at radius 3 is 3.05 bits per heavy atom. The molecule has 0 unspecified atom stereocenters. The van der Waals surface area contributed by atoms with Crippen molar-refractivity contribution in [2.24, 2.45) is 10.7 Å². The standard InChI is InChI=1S/C15H20N6.HI/c1-11-5-4-6-12(9-11)18-15(16)17-10-14-20-19-13-7-2-3-8-21(13)14;/h4-6,9H,2-3,7-8,10H2,1H3,(H3,16,17,18);1H. The Balaban J connectivity index is 0.00000176. The van der Waals surface area contributed by atoms with E-state index < -0.39 is 0 Å². The fraction of sp³-hybridized carbons (Fsp3) is 0.400. The van der Waals surface area contributed by atoms with Gasteiger partial charge in [0.15, 0.2) is 11.8 Å². The molecule has 0 aliphatic carbocycles. The van der Waals surface area contributed by atoms with Gasteiger partial charge in [-0.3, -0.25) is 0 Å². The molecule has 118 valence electrons. The third kappa shape index (κ3) is 3.96. The van der Waals surface area contributed by atoms with Crippen molar-refractivity contribution in [3.8, 4) is 0 Å². The average Bonchev–Trinajstić information content (AvgIpc) is 2.88. The minimum Gasteiger partial charge on any atom is -0.370 e. The van der Waals surface area contributed by atoms with Crippen molar-refractivity contribution in [1.29, 1.82) is 0 Å². The fourth-order valence-corrected chi connectivity index (χ4v) is 2.55. The maximum Gasteiger partial charge on any atom is 0.193 e. The summed E-state index contributed by atoms with van der Waals surface area (Å²) in [5.41, 5.74) is 8.05. The second-order valence-corrected chi connectivity index (χ2v) is 5.34. The van der Waals surface area contributed by atoms with Crippen LogP contribution in [-0.2, 0) is 19.5 Å². The van der Waals surface area contributed by atoms with Crippen LogP contribution in [0.3, 0.4) is 0 Å². The molecule has 0 spiro atoms. The highest BCUT2D eigenvalue weighted by Gasteiger charge is 2.15. The van der Waals surface area contributed by atoms with Crippen LogP contribution >= 0.6 is 24.0 Å². The van der Waals surface area contributed by atoms with E-state index >= 15 is 0 Å². The van der Waals surface area contributed by atoms with Crippen molar-refractivity contribution in [2.75, 3.05) is 5.32 Å². The Bertz CT molecular complexity index is 664. The van der Waals surface area contributed by atoms with Gasteiger partial charge in [-0.1, -0.05) is 12.1 Å². The summed E-state index contributed by atoms with van der Waals surface area (Å²) >= 11 is 0. The minimum atomic E-state index is 0. The largest absolute Gasteiger partial charge is 0.370 e. The average molecular weight is 412 g/mol. The lowest BCUT2D eigenvalue weighted by molar-refractivity contribution is 0.508. The molecule has 1 aromatic carbocycles. The highest BCUT2D eigenvalue weighted by molar-refractivity contribution is 14.0. The number of guanidine groups is 1. The molecule has 6 nitrogen and oxygen atoms in total. The molecule has 1 aliphatic heterocycles. The molecule has 0 bridgehead atoms. The first kappa shape index (κ1) is 16.7. The van der Waals surface area contributed by atoms with Gasteiger partial charge in [-0.2, -0.15) is 0 Å². The molecule has 0 saturated heterocycles. The Morgan fingerprint density at radius 1 is 1.36 bits per heavy atom. The molecule has 22 heavy (non-hydrogen) atoms. The highest BCUT2D eigenvalue weighted by Crippen LogP contribution is 2.14. The Kier molecular flexibility index (Phi) is 5.76. The van der Waals surface area contributed by atoms with Crippen molar-refractivity contribution in [1.82, 2.24) is 14.8 Å². The summed E-state index contributed by atoms with van der Waals surface area (Å²) in [6, 6.07) is 8.02. The first-order chi connectivity index (χ1) is 10.2. The second-order valence-electron chi connectivity index (χ2n) is 5.34. The van der Waals surface area contributed by atoms with Crippen LogP contribution in [0.2, 0.25) is 0 Å². The molecule has 2 aromatic rings. The summed E-state index contributed by atoms with van der Waals surface area (Å²) in [5, 5.41) is 11.5. The fourth-order valence-electron chi connectivity index (χ4n) is 2.55. The van der Waals surface area contributed by atoms with Crippen LogP contribution in [-0.4, -0.2) is 20.7 Å². The summed E-state index contributed by atoms with van der Waals surface area (Å²) in [6.07, 6.45) is 3.38. The number of benzene rings is 1. The third-order valence-electron chi connectivity index (χ3n) is 3.62. The summed E-state index contributed by atoms with van der Waals surface area (Å²) in [6.45, 7) is 3.48. The van der Waals surface area contributed by atoms with Crippen LogP contribution in [0, 0.1) is 6.92 Å². The smallest absolute Gasteiger partial charge is 0.193 e. The number of aliphatic imine (C=N–C) groups is 1. The normalized spacial score (nSPS) is 14.1. The van der Waals surface area contributed by atoms with Gasteiger partial charge < -0.3 is 15.6 Å². The van der Waals surface area contributed by atoms with Gasteiger partial charge in [-0.15, -0.1) is 34.2 Å². The molecule has 2 heterocycles. The van der Waals surface area contributed by atoms with Gasteiger partial charge in [0.2, 0.25) is 0 Å². The topological polar surface area (TPSA) is 81.1 Å². The number of nitrogens with two attached hydrogens (primary N) is 1. The first-order valence-corrected chi connectivity index (χ1v) is 7.27. The van der Waals surface area contributed by atoms with E-state index in [0.717, 1.165) is 30.3 Å². The van der Waals surface area contributed by atoms with E-state index in [9.17, 15) is 0 Å². The molecule has 3 N–H and O–H groups in total. The monoisotopic (exact) mass is 412 g/mol. The molecule has 0 saturated carbocycles. The number of nitrogens with zero attached hydrogens (tertiary/aromatic N) is 4. The lowest BCUT2D eigenvalue weighted by atomic mass is 10.2. The minimum absolute atomic E-state index is 0. The highest BCUT2D eigenvalue weighted by atomic mass is 127. The zero-order valence-corrected chi connectivity index (χ0v) is 14.9. The van der Waals surface area contributed by atoms with Gasteiger partial charge in [0.1, 0.15) is 12.4 Å². The van der Waals surface area contributed by atoms with Gasteiger partial charge in [-0.25, -0.2) is 4.99 Å². The predicted molar refractivity (Wildman–Crippen MR) is 98.5 cm³/mol.